The largest absolute Gasteiger partial charge is 0.309 e. The third-order valence-electron chi connectivity index (χ3n) is 2.79. The molecule has 0 saturated carbocycles. The van der Waals surface area contributed by atoms with Gasteiger partial charge in [0.15, 0.2) is 0 Å². The van der Waals surface area contributed by atoms with Gasteiger partial charge in [-0.2, -0.15) is 16.9 Å². The molecule has 1 aliphatic heterocycles. The van der Waals surface area contributed by atoms with Crippen LogP contribution in [0.25, 0.3) is 0 Å². The van der Waals surface area contributed by atoms with Crippen molar-refractivity contribution >= 4 is 35.1 Å². The lowest BCUT2D eigenvalue weighted by Gasteiger charge is -2.23. The van der Waals surface area contributed by atoms with Crippen LogP contribution in [-0.2, 0) is 21.8 Å². The average molecular weight is 288 g/mol. The number of halogens is 1. The van der Waals surface area contributed by atoms with Crippen LogP contribution in [0, 0.1) is 0 Å². The van der Waals surface area contributed by atoms with Gasteiger partial charge in [-0.05, 0) is 27.7 Å². The van der Waals surface area contributed by atoms with Gasteiger partial charge in [0.05, 0.1) is 11.2 Å². The van der Waals surface area contributed by atoms with Crippen molar-refractivity contribution in [2.24, 2.45) is 0 Å². The van der Waals surface area contributed by atoms with E-state index >= 15 is 0 Å². The van der Waals surface area contributed by atoms with Crippen LogP contribution in [0.4, 0.5) is 5.82 Å². The summed E-state index contributed by atoms with van der Waals surface area (Å²) in [6.07, 6.45) is 0. The predicted molar refractivity (Wildman–Crippen MR) is 76.2 cm³/mol. The molecule has 2 heterocycles. The summed E-state index contributed by atoms with van der Waals surface area (Å²) in [5.41, 5.74) is 2.06. The van der Waals surface area contributed by atoms with Gasteiger partial charge in [0.25, 0.3) is 0 Å². The van der Waals surface area contributed by atoms with Gasteiger partial charge >= 0.3 is 0 Å². The molecule has 0 spiro atoms. The fourth-order valence-electron chi connectivity index (χ4n) is 1.84. The molecule has 4 nitrogen and oxygen atoms in total. The van der Waals surface area contributed by atoms with E-state index < -0.39 is 5.38 Å². The van der Waals surface area contributed by atoms with Crippen molar-refractivity contribution in [3.63, 3.8) is 0 Å². The quantitative estimate of drug-likeness (QED) is 0.851. The minimum absolute atomic E-state index is 0.160. The summed E-state index contributed by atoms with van der Waals surface area (Å²) in [7, 11) is 0. The molecule has 0 fully saturated rings. The molecule has 0 saturated heterocycles. The maximum absolute atomic E-state index is 11.8. The molecule has 0 aromatic carbocycles. The van der Waals surface area contributed by atoms with E-state index in [-0.39, 0.29) is 11.4 Å². The number of rotatable bonds is 2. The zero-order valence-corrected chi connectivity index (χ0v) is 12.7. The van der Waals surface area contributed by atoms with E-state index in [4.69, 9.17) is 11.6 Å². The highest BCUT2D eigenvalue weighted by Crippen LogP contribution is 2.37. The normalized spacial score (nSPS) is 16.5. The van der Waals surface area contributed by atoms with Crippen molar-refractivity contribution in [2.45, 2.75) is 50.1 Å². The molecule has 1 aliphatic rings. The highest BCUT2D eigenvalue weighted by Gasteiger charge is 2.29. The van der Waals surface area contributed by atoms with Crippen molar-refractivity contribution in [3.8, 4) is 0 Å². The van der Waals surface area contributed by atoms with Crippen molar-refractivity contribution in [3.05, 3.63) is 11.3 Å². The number of amides is 1. The molecule has 18 heavy (non-hydrogen) atoms. The first-order valence-electron chi connectivity index (χ1n) is 5.94. The molecule has 0 aliphatic carbocycles. The number of carbonyl (C=O) groups is 1. The van der Waals surface area contributed by atoms with Crippen molar-refractivity contribution in [2.75, 3.05) is 5.32 Å². The lowest BCUT2D eigenvalue weighted by atomic mass is 10.1. The summed E-state index contributed by atoms with van der Waals surface area (Å²) < 4.78 is 1.90. The molecule has 0 bridgehead atoms. The number of thioether (sulfide) groups is 1. The van der Waals surface area contributed by atoms with Crippen LogP contribution < -0.4 is 5.32 Å². The zero-order chi connectivity index (χ0) is 13.5. The van der Waals surface area contributed by atoms with Gasteiger partial charge in [-0.25, -0.2) is 4.68 Å². The molecule has 100 valence electrons. The number of aromatic nitrogens is 2. The molecule has 2 rings (SSSR count). The van der Waals surface area contributed by atoms with Crippen molar-refractivity contribution in [1.29, 1.82) is 0 Å². The van der Waals surface area contributed by atoms with E-state index in [1.807, 2.05) is 16.4 Å². The molecule has 0 radical (unpaired) electrons. The van der Waals surface area contributed by atoms with Crippen LogP contribution >= 0.6 is 23.4 Å². The van der Waals surface area contributed by atoms with E-state index in [2.05, 4.69) is 31.2 Å². The predicted octanol–water partition coefficient (Wildman–Crippen LogP) is 2.95. The minimum atomic E-state index is -0.543. The van der Waals surface area contributed by atoms with Crippen molar-refractivity contribution < 1.29 is 4.79 Å². The van der Waals surface area contributed by atoms with Crippen LogP contribution in [0.2, 0.25) is 0 Å². The molecule has 6 heteroatoms. The Hall–Kier alpha value is -0.680. The topological polar surface area (TPSA) is 46.9 Å². The Morgan fingerprint density at radius 2 is 2.17 bits per heavy atom. The van der Waals surface area contributed by atoms with Crippen molar-refractivity contribution in [1.82, 2.24) is 9.78 Å². The zero-order valence-electron chi connectivity index (χ0n) is 11.1. The average Bonchev–Trinajstić information content (AvgIpc) is 2.78. The third kappa shape index (κ3) is 2.52. The molecular formula is C12H18ClN3OS. The van der Waals surface area contributed by atoms with E-state index in [1.54, 1.807) is 6.92 Å². The third-order valence-corrected chi connectivity index (χ3v) is 3.96. The summed E-state index contributed by atoms with van der Waals surface area (Å²) in [5, 5.41) is 6.98. The Labute approximate surface area is 116 Å². The fraction of sp³-hybridized carbons (Fsp3) is 0.667. The number of fused-ring (bicyclic) bond motifs is 1. The fourth-order valence-corrected chi connectivity index (χ4v) is 2.93. The van der Waals surface area contributed by atoms with E-state index in [0.29, 0.717) is 0 Å². The highest BCUT2D eigenvalue weighted by molar-refractivity contribution is 7.98. The smallest absolute Gasteiger partial charge is 0.243 e. The number of carbonyl (C=O) groups excluding carboxylic acids is 1. The summed E-state index contributed by atoms with van der Waals surface area (Å²) in [6.45, 7) is 7.88. The maximum Gasteiger partial charge on any atom is 0.243 e. The monoisotopic (exact) mass is 287 g/mol. The Kier molecular flexibility index (Phi) is 3.65. The van der Waals surface area contributed by atoms with E-state index in [9.17, 15) is 4.79 Å². The van der Waals surface area contributed by atoms with Crippen LogP contribution in [-0.4, -0.2) is 21.1 Å². The second-order valence-corrected chi connectivity index (χ2v) is 7.09. The standard InChI is InChI=1S/C12H18ClN3OS/c1-7(13)11(17)14-10-8-5-18-6-9(8)15-16(10)12(2,3)4/h7H,5-6H2,1-4H3,(H,14,17). The second-order valence-electron chi connectivity index (χ2n) is 5.45. The number of hydrogen-bond acceptors (Lipinski definition) is 3. The minimum Gasteiger partial charge on any atom is -0.309 e. The van der Waals surface area contributed by atoms with Gasteiger partial charge in [-0.3, -0.25) is 4.79 Å². The van der Waals surface area contributed by atoms with E-state index in [1.165, 1.54) is 0 Å². The number of alkyl halides is 1. The van der Waals surface area contributed by atoms with Gasteiger partial charge in [0.2, 0.25) is 5.91 Å². The Balaban J connectivity index is 2.40. The first-order valence-corrected chi connectivity index (χ1v) is 7.53. The summed E-state index contributed by atoms with van der Waals surface area (Å²) >= 11 is 7.63. The van der Waals surface area contributed by atoms with Gasteiger partial charge in [-0.1, -0.05) is 0 Å². The number of nitrogens with one attached hydrogen (secondary N) is 1. The number of nitrogens with zero attached hydrogens (tertiary/aromatic N) is 2. The van der Waals surface area contributed by atoms with Gasteiger partial charge in [0, 0.05) is 17.1 Å². The van der Waals surface area contributed by atoms with Crippen LogP contribution in [0.15, 0.2) is 0 Å². The first kappa shape index (κ1) is 13.7. The second kappa shape index (κ2) is 4.78. The van der Waals surface area contributed by atoms with Gasteiger partial charge in [0.1, 0.15) is 11.2 Å². The molecule has 1 aromatic heterocycles. The number of hydrogen-bond donors (Lipinski definition) is 1. The summed E-state index contributed by atoms with van der Waals surface area (Å²) in [5.74, 6) is 2.44. The molecule has 1 unspecified atom stereocenters. The molecule has 1 aromatic rings. The number of anilines is 1. The highest BCUT2D eigenvalue weighted by atomic mass is 35.5. The molecular weight excluding hydrogens is 270 g/mol. The molecule has 1 atom stereocenters. The van der Waals surface area contributed by atoms with E-state index in [0.717, 1.165) is 28.6 Å². The summed E-state index contributed by atoms with van der Waals surface area (Å²) in [6, 6.07) is 0. The molecule has 1 N–H and O–H groups in total. The Morgan fingerprint density at radius 1 is 1.50 bits per heavy atom. The SMILES string of the molecule is CC(Cl)C(=O)Nc1c2c(nn1C(C)(C)C)CSC2. The first-order chi connectivity index (χ1) is 8.30. The Bertz CT molecular complexity index is 476. The van der Waals surface area contributed by atoms with Gasteiger partial charge < -0.3 is 5.32 Å². The summed E-state index contributed by atoms with van der Waals surface area (Å²) in [4.78, 5) is 11.8. The van der Waals surface area contributed by atoms with Crippen LogP contribution in [0.3, 0.4) is 0 Å². The lowest BCUT2D eigenvalue weighted by molar-refractivity contribution is -0.115. The van der Waals surface area contributed by atoms with Crippen LogP contribution in [0.5, 0.6) is 0 Å². The van der Waals surface area contributed by atoms with Crippen LogP contribution in [0.1, 0.15) is 39.0 Å². The maximum atomic E-state index is 11.8. The Morgan fingerprint density at radius 3 is 2.72 bits per heavy atom. The lowest BCUT2D eigenvalue weighted by Crippen LogP contribution is -2.29. The molecule has 1 amide bonds. The van der Waals surface area contributed by atoms with Gasteiger partial charge in [-0.15, -0.1) is 11.6 Å².